The van der Waals surface area contributed by atoms with Crippen LogP contribution in [0.25, 0.3) is 0 Å². The minimum atomic E-state index is -0.393. The number of fused-ring (bicyclic) bond motifs is 1. The minimum absolute atomic E-state index is 0.0362. The van der Waals surface area contributed by atoms with Crippen LogP contribution in [0.5, 0.6) is 5.75 Å². The van der Waals surface area contributed by atoms with Crippen LogP contribution in [0, 0.1) is 0 Å². The zero-order valence-corrected chi connectivity index (χ0v) is 11.7. The molecule has 0 bridgehead atoms. The number of rotatable bonds is 5. The number of nitrogens with two attached hydrogens (primary N) is 1. The number of aryl methyl sites for hydroxylation is 1. The van der Waals surface area contributed by atoms with Gasteiger partial charge in [-0.3, -0.25) is 4.79 Å². The number of nitrogens with zero attached hydrogens (tertiary/aromatic N) is 1. The van der Waals surface area contributed by atoms with Crippen LogP contribution in [-0.2, 0) is 11.2 Å². The van der Waals surface area contributed by atoms with Crippen LogP contribution in [0.1, 0.15) is 32.3 Å². The van der Waals surface area contributed by atoms with Crippen molar-refractivity contribution in [2.24, 2.45) is 5.73 Å². The average molecular weight is 262 g/mol. The number of carbonyl (C=O) groups is 1. The molecule has 1 heterocycles. The zero-order chi connectivity index (χ0) is 13.8. The van der Waals surface area contributed by atoms with Crippen molar-refractivity contribution < 1.29 is 9.53 Å². The molecule has 1 aliphatic rings. The molecule has 0 saturated carbocycles. The first kappa shape index (κ1) is 13.9. The summed E-state index contributed by atoms with van der Waals surface area (Å²) in [5.41, 5.74) is 7.64. The van der Waals surface area contributed by atoms with Crippen molar-refractivity contribution in [3.8, 4) is 5.75 Å². The van der Waals surface area contributed by atoms with E-state index in [9.17, 15) is 4.79 Å². The van der Waals surface area contributed by atoms with Gasteiger partial charge in [0.05, 0.1) is 5.69 Å². The minimum Gasteiger partial charge on any atom is -0.479 e. The van der Waals surface area contributed by atoms with Gasteiger partial charge in [-0.15, -0.1) is 0 Å². The van der Waals surface area contributed by atoms with Crippen LogP contribution >= 0.6 is 0 Å². The first-order valence-corrected chi connectivity index (χ1v) is 6.98. The van der Waals surface area contributed by atoms with Crippen molar-refractivity contribution >= 4 is 11.6 Å². The third-order valence-electron chi connectivity index (χ3n) is 3.47. The summed E-state index contributed by atoms with van der Waals surface area (Å²) in [6, 6.07) is 6.11. The van der Waals surface area contributed by atoms with Crippen molar-refractivity contribution in [3.05, 3.63) is 23.8 Å². The molecule has 0 aliphatic carbocycles. The Morgan fingerprint density at radius 2 is 2.16 bits per heavy atom. The summed E-state index contributed by atoms with van der Waals surface area (Å²) in [7, 11) is 0. The lowest BCUT2D eigenvalue weighted by atomic mass is 10.1. The molecule has 0 fully saturated rings. The van der Waals surface area contributed by atoms with E-state index in [-0.39, 0.29) is 5.91 Å². The van der Waals surface area contributed by atoms with Gasteiger partial charge in [0.1, 0.15) is 5.75 Å². The van der Waals surface area contributed by atoms with Crippen molar-refractivity contribution in [2.45, 2.75) is 39.2 Å². The van der Waals surface area contributed by atoms with Crippen LogP contribution < -0.4 is 15.4 Å². The van der Waals surface area contributed by atoms with E-state index >= 15 is 0 Å². The highest BCUT2D eigenvalue weighted by Crippen LogP contribution is 2.35. The normalized spacial score (nSPS) is 18.2. The fraction of sp³-hybridized carbons (Fsp3) is 0.533. The monoisotopic (exact) mass is 262 g/mol. The van der Waals surface area contributed by atoms with Gasteiger partial charge in [-0.1, -0.05) is 6.07 Å². The second-order valence-corrected chi connectivity index (χ2v) is 4.89. The molecule has 2 N–H and O–H groups in total. The molecule has 4 nitrogen and oxygen atoms in total. The van der Waals surface area contributed by atoms with Crippen LogP contribution in [-0.4, -0.2) is 25.1 Å². The Kier molecular flexibility index (Phi) is 4.43. The molecule has 1 amide bonds. The number of unbranched alkanes of at least 4 members (excludes halogenated alkanes) is 1. The molecule has 19 heavy (non-hydrogen) atoms. The maximum absolute atomic E-state index is 12.1. The van der Waals surface area contributed by atoms with Crippen molar-refractivity contribution in [2.75, 3.05) is 18.0 Å². The lowest BCUT2D eigenvalue weighted by Crippen LogP contribution is -2.44. The maximum Gasteiger partial charge on any atom is 0.267 e. The number of anilines is 1. The highest BCUT2D eigenvalue weighted by atomic mass is 16.5. The van der Waals surface area contributed by atoms with Crippen LogP contribution in [0.4, 0.5) is 5.69 Å². The predicted molar refractivity (Wildman–Crippen MR) is 76.6 cm³/mol. The number of carbonyl (C=O) groups excluding carboxylic acids is 1. The van der Waals surface area contributed by atoms with Gasteiger partial charge in [-0.05, 0) is 57.4 Å². The summed E-state index contributed by atoms with van der Waals surface area (Å²) in [5.74, 6) is 0.839. The number of amides is 1. The lowest BCUT2D eigenvalue weighted by Gasteiger charge is -2.32. The molecule has 1 atom stereocenters. The molecule has 0 aromatic heterocycles. The Balaban J connectivity index is 2.22. The Bertz CT molecular complexity index is 459. The van der Waals surface area contributed by atoms with Crippen LogP contribution in [0.2, 0.25) is 0 Å². The molecule has 0 radical (unpaired) electrons. The second kappa shape index (κ2) is 6.06. The van der Waals surface area contributed by atoms with Gasteiger partial charge in [0, 0.05) is 6.54 Å². The molecule has 104 valence electrons. The topological polar surface area (TPSA) is 55.6 Å². The highest BCUT2D eigenvalue weighted by molar-refractivity contribution is 5.99. The summed E-state index contributed by atoms with van der Waals surface area (Å²) in [6.07, 6.45) is 2.70. The quantitative estimate of drug-likeness (QED) is 0.827. The van der Waals surface area contributed by atoms with Gasteiger partial charge >= 0.3 is 0 Å². The second-order valence-electron chi connectivity index (χ2n) is 4.89. The Labute approximate surface area is 114 Å². The molecule has 2 rings (SSSR count). The first-order chi connectivity index (χ1) is 9.17. The lowest BCUT2D eigenvalue weighted by molar-refractivity contribution is -0.125. The molecular formula is C15H22N2O2. The van der Waals surface area contributed by atoms with Gasteiger partial charge in [-0.2, -0.15) is 0 Å². The molecule has 1 aromatic rings. The number of ether oxygens (including phenoxy) is 1. The molecule has 1 aliphatic heterocycles. The highest BCUT2D eigenvalue weighted by Gasteiger charge is 2.30. The van der Waals surface area contributed by atoms with Gasteiger partial charge in [-0.25, -0.2) is 0 Å². The molecule has 0 saturated heterocycles. The summed E-state index contributed by atoms with van der Waals surface area (Å²) in [6.45, 7) is 5.18. The predicted octanol–water partition coefficient (Wildman–Crippen LogP) is 2.10. The van der Waals surface area contributed by atoms with E-state index in [4.69, 9.17) is 10.5 Å². The smallest absolute Gasteiger partial charge is 0.267 e. The largest absolute Gasteiger partial charge is 0.479 e. The molecular weight excluding hydrogens is 240 g/mol. The van der Waals surface area contributed by atoms with E-state index < -0.39 is 6.10 Å². The van der Waals surface area contributed by atoms with Gasteiger partial charge in [0.25, 0.3) is 5.91 Å². The molecule has 0 spiro atoms. The van der Waals surface area contributed by atoms with Gasteiger partial charge < -0.3 is 15.4 Å². The van der Waals surface area contributed by atoms with Crippen molar-refractivity contribution in [3.63, 3.8) is 0 Å². The zero-order valence-electron chi connectivity index (χ0n) is 11.7. The van der Waals surface area contributed by atoms with E-state index in [0.29, 0.717) is 6.54 Å². The van der Waals surface area contributed by atoms with E-state index in [0.717, 1.165) is 37.2 Å². The number of hydrogen-bond donors (Lipinski definition) is 1. The summed E-state index contributed by atoms with van der Waals surface area (Å²) < 4.78 is 5.65. The fourth-order valence-corrected chi connectivity index (χ4v) is 2.41. The number of benzene rings is 1. The van der Waals surface area contributed by atoms with Crippen LogP contribution in [0.3, 0.4) is 0 Å². The Hall–Kier alpha value is -1.55. The first-order valence-electron chi connectivity index (χ1n) is 6.98. The summed E-state index contributed by atoms with van der Waals surface area (Å²) in [4.78, 5) is 13.9. The number of likely N-dealkylation sites (N-methyl/N-ethyl adjacent to an activating group) is 1. The molecule has 1 unspecified atom stereocenters. The number of hydrogen-bond acceptors (Lipinski definition) is 3. The van der Waals surface area contributed by atoms with Gasteiger partial charge in [0.15, 0.2) is 6.10 Å². The van der Waals surface area contributed by atoms with Crippen LogP contribution in [0.15, 0.2) is 18.2 Å². The standard InChI is InChI=1S/C15H22N2O2/c1-3-17-13-10-12(6-4-5-9-16)7-8-14(13)19-11(2)15(17)18/h7-8,10-11H,3-6,9,16H2,1-2H3. The molecule has 1 aromatic carbocycles. The Morgan fingerprint density at radius 1 is 1.37 bits per heavy atom. The van der Waals surface area contributed by atoms with Crippen molar-refractivity contribution in [1.29, 1.82) is 0 Å². The average Bonchev–Trinajstić information content (AvgIpc) is 2.41. The van der Waals surface area contributed by atoms with E-state index in [1.807, 2.05) is 13.0 Å². The third kappa shape index (κ3) is 2.89. The van der Waals surface area contributed by atoms with E-state index in [2.05, 4.69) is 12.1 Å². The fourth-order valence-electron chi connectivity index (χ4n) is 2.41. The maximum atomic E-state index is 12.1. The Morgan fingerprint density at radius 3 is 2.84 bits per heavy atom. The third-order valence-corrected chi connectivity index (χ3v) is 3.47. The van der Waals surface area contributed by atoms with E-state index in [1.165, 1.54) is 5.56 Å². The SMILES string of the molecule is CCN1C(=O)C(C)Oc2ccc(CCCCN)cc21. The van der Waals surface area contributed by atoms with E-state index in [1.54, 1.807) is 11.8 Å². The summed E-state index contributed by atoms with van der Waals surface area (Å²) >= 11 is 0. The summed E-state index contributed by atoms with van der Waals surface area (Å²) in [5, 5.41) is 0. The van der Waals surface area contributed by atoms with Crippen molar-refractivity contribution in [1.82, 2.24) is 0 Å². The molecule has 4 heteroatoms. The van der Waals surface area contributed by atoms with Gasteiger partial charge in [0.2, 0.25) is 0 Å².